The Morgan fingerprint density at radius 3 is 2.47 bits per heavy atom. The van der Waals surface area contributed by atoms with Crippen molar-refractivity contribution in [2.75, 3.05) is 26.2 Å². The zero-order valence-corrected chi connectivity index (χ0v) is 18.0. The first kappa shape index (κ1) is 22.5. The molecular formula is C21H24ClFN2O4S. The molecule has 1 fully saturated rings. The van der Waals surface area contributed by atoms with Crippen molar-refractivity contribution in [3.05, 3.63) is 64.9 Å². The van der Waals surface area contributed by atoms with Gasteiger partial charge in [0, 0.05) is 19.0 Å². The number of rotatable bonds is 8. The molecule has 0 unspecified atom stereocenters. The molecule has 0 aliphatic carbocycles. The van der Waals surface area contributed by atoms with Crippen LogP contribution in [0, 0.1) is 11.7 Å². The van der Waals surface area contributed by atoms with E-state index in [4.69, 9.17) is 16.3 Å². The maximum absolute atomic E-state index is 13.0. The maximum Gasteiger partial charge on any atom is 0.223 e. The number of amides is 1. The van der Waals surface area contributed by atoms with E-state index >= 15 is 0 Å². The van der Waals surface area contributed by atoms with E-state index in [1.165, 1.54) is 28.6 Å². The standard InChI is InChI=1S/C21H24ClFN2O4S/c22-19-3-1-2-4-20(19)29-14-11-24-21(26)17-9-12-25(13-10-17)30(27,28)15-16-5-7-18(23)8-6-16/h1-8,17H,9-15H2,(H,24,26). The summed E-state index contributed by atoms with van der Waals surface area (Å²) in [4.78, 5) is 12.4. The zero-order chi connectivity index (χ0) is 21.6. The summed E-state index contributed by atoms with van der Waals surface area (Å²) in [5.41, 5.74) is 0.537. The van der Waals surface area contributed by atoms with Crippen LogP contribution in [0.5, 0.6) is 5.75 Å². The molecule has 0 saturated carbocycles. The van der Waals surface area contributed by atoms with Crippen molar-refractivity contribution in [1.82, 2.24) is 9.62 Å². The van der Waals surface area contributed by atoms with Gasteiger partial charge in [0.15, 0.2) is 0 Å². The van der Waals surface area contributed by atoms with Crippen molar-refractivity contribution in [2.24, 2.45) is 5.92 Å². The smallest absolute Gasteiger partial charge is 0.223 e. The number of hydrogen-bond donors (Lipinski definition) is 1. The second-order valence-corrected chi connectivity index (χ2v) is 9.50. The van der Waals surface area contributed by atoms with Crippen molar-refractivity contribution in [1.29, 1.82) is 0 Å². The molecule has 1 heterocycles. The monoisotopic (exact) mass is 454 g/mol. The summed E-state index contributed by atoms with van der Waals surface area (Å²) in [6.07, 6.45) is 0.916. The van der Waals surface area contributed by atoms with Gasteiger partial charge in [0.1, 0.15) is 18.2 Å². The number of nitrogens with one attached hydrogen (secondary N) is 1. The first-order valence-electron chi connectivity index (χ1n) is 9.72. The van der Waals surface area contributed by atoms with E-state index in [9.17, 15) is 17.6 Å². The fourth-order valence-electron chi connectivity index (χ4n) is 3.32. The topological polar surface area (TPSA) is 75.7 Å². The number of nitrogens with zero attached hydrogens (tertiary/aromatic N) is 1. The lowest BCUT2D eigenvalue weighted by molar-refractivity contribution is -0.126. The Hall–Kier alpha value is -2.16. The highest BCUT2D eigenvalue weighted by Gasteiger charge is 2.31. The molecule has 162 valence electrons. The van der Waals surface area contributed by atoms with E-state index in [-0.39, 0.29) is 30.7 Å². The van der Waals surface area contributed by atoms with Crippen molar-refractivity contribution < 1.29 is 22.3 Å². The van der Waals surface area contributed by atoms with Gasteiger partial charge in [0.25, 0.3) is 0 Å². The molecule has 1 aliphatic rings. The zero-order valence-electron chi connectivity index (χ0n) is 16.4. The van der Waals surface area contributed by atoms with Crippen LogP contribution in [0.25, 0.3) is 0 Å². The quantitative estimate of drug-likeness (QED) is 0.621. The lowest BCUT2D eigenvalue weighted by atomic mass is 9.97. The van der Waals surface area contributed by atoms with Gasteiger partial charge in [-0.1, -0.05) is 35.9 Å². The highest BCUT2D eigenvalue weighted by Crippen LogP contribution is 2.23. The van der Waals surface area contributed by atoms with Gasteiger partial charge in [-0.25, -0.2) is 17.1 Å². The van der Waals surface area contributed by atoms with Crippen molar-refractivity contribution in [3.63, 3.8) is 0 Å². The van der Waals surface area contributed by atoms with Crippen LogP contribution in [0.2, 0.25) is 5.02 Å². The molecular weight excluding hydrogens is 431 g/mol. The second kappa shape index (κ2) is 10.2. The minimum absolute atomic E-state index is 0.103. The number of carbonyl (C=O) groups is 1. The summed E-state index contributed by atoms with van der Waals surface area (Å²) in [6.45, 7) is 1.21. The van der Waals surface area contributed by atoms with Crippen LogP contribution in [0.1, 0.15) is 18.4 Å². The predicted octanol–water partition coefficient (Wildman–Crippen LogP) is 3.22. The molecule has 2 aromatic rings. The van der Waals surface area contributed by atoms with Crippen LogP contribution in [-0.4, -0.2) is 44.9 Å². The molecule has 9 heteroatoms. The predicted molar refractivity (Wildman–Crippen MR) is 113 cm³/mol. The third kappa shape index (κ3) is 6.17. The Balaban J connectivity index is 1.41. The van der Waals surface area contributed by atoms with Crippen molar-refractivity contribution >= 4 is 27.5 Å². The number of sulfonamides is 1. The highest BCUT2D eigenvalue weighted by molar-refractivity contribution is 7.88. The molecule has 1 N–H and O–H groups in total. The molecule has 0 spiro atoms. The van der Waals surface area contributed by atoms with Crippen LogP contribution in [0.3, 0.4) is 0 Å². The minimum atomic E-state index is -3.51. The minimum Gasteiger partial charge on any atom is -0.490 e. The molecule has 2 aromatic carbocycles. The fourth-order valence-corrected chi connectivity index (χ4v) is 5.07. The SMILES string of the molecule is O=C(NCCOc1ccccc1Cl)C1CCN(S(=O)(=O)Cc2ccc(F)cc2)CC1. The van der Waals surface area contributed by atoms with Gasteiger partial charge in [-0.05, 0) is 42.7 Å². The van der Waals surface area contributed by atoms with E-state index in [1.54, 1.807) is 12.1 Å². The van der Waals surface area contributed by atoms with Crippen LogP contribution >= 0.6 is 11.6 Å². The van der Waals surface area contributed by atoms with Gasteiger partial charge in [-0.15, -0.1) is 0 Å². The maximum atomic E-state index is 13.0. The average molecular weight is 455 g/mol. The molecule has 3 rings (SSSR count). The van der Waals surface area contributed by atoms with Gasteiger partial charge >= 0.3 is 0 Å². The van der Waals surface area contributed by atoms with Gasteiger partial charge in [0.05, 0.1) is 17.3 Å². The Morgan fingerprint density at radius 1 is 1.13 bits per heavy atom. The van der Waals surface area contributed by atoms with E-state index in [1.807, 2.05) is 12.1 Å². The third-order valence-electron chi connectivity index (χ3n) is 4.98. The summed E-state index contributed by atoms with van der Waals surface area (Å²) in [5.74, 6) is -0.354. The lowest BCUT2D eigenvalue weighted by Crippen LogP contribution is -2.43. The normalized spacial score (nSPS) is 15.7. The summed E-state index contributed by atoms with van der Waals surface area (Å²) in [5, 5.41) is 3.34. The number of para-hydroxylation sites is 1. The lowest BCUT2D eigenvalue weighted by Gasteiger charge is -2.30. The van der Waals surface area contributed by atoms with E-state index < -0.39 is 15.8 Å². The number of piperidine rings is 1. The molecule has 30 heavy (non-hydrogen) atoms. The molecule has 1 amide bonds. The Bertz CT molecular complexity index is 961. The van der Waals surface area contributed by atoms with Crippen LogP contribution in [0.4, 0.5) is 4.39 Å². The molecule has 1 saturated heterocycles. The van der Waals surface area contributed by atoms with Gasteiger partial charge in [-0.3, -0.25) is 4.79 Å². The van der Waals surface area contributed by atoms with Crippen molar-refractivity contribution in [3.8, 4) is 5.75 Å². The average Bonchev–Trinajstić information content (AvgIpc) is 2.74. The van der Waals surface area contributed by atoms with Gasteiger partial charge in [-0.2, -0.15) is 0 Å². The molecule has 6 nitrogen and oxygen atoms in total. The Labute approximate surface area is 181 Å². The molecule has 0 bridgehead atoms. The molecule has 0 atom stereocenters. The van der Waals surface area contributed by atoms with Gasteiger partial charge < -0.3 is 10.1 Å². The van der Waals surface area contributed by atoms with Crippen molar-refractivity contribution in [2.45, 2.75) is 18.6 Å². The largest absolute Gasteiger partial charge is 0.490 e. The van der Waals surface area contributed by atoms with Crippen LogP contribution in [-0.2, 0) is 20.6 Å². The Kier molecular flexibility index (Phi) is 7.69. The first-order chi connectivity index (χ1) is 14.3. The first-order valence-corrected chi connectivity index (χ1v) is 11.7. The number of carbonyl (C=O) groups excluding carboxylic acids is 1. The fraction of sp³-hybridized carbons (Fsp3) is 0.381. The summed E-state index contributed by atoms with van der Waals surface area (Å²) in [7, 11) is -3.51. The number of halogens is 2. The Morgan fingerprint density at radius 2 is 1.80 bits per heavy atom. The highest BCUT2D eigenvalue weighted by atomic mass is 35.5. The summed E-state index contributed by atoms with van der Waals surface area (Å²) < 4.78 is 45.1. The second-order valence-electron chi connectivity index (χ2n) is 7.13. The van der Waals surface area contributed by atoms with Gasteiger partial charge in [0.2, 0.25) is 15.9 Å². The summed E-state index contributed by atoms with van der Waals surface area (Å²) >= 11 is 6.01. The van der Waals surface area contributed by atoms with E-state index in [0.29, 0.717) is 42.3 Å². The number of benzene rings is 2. The number of hydrogen-bond acceptors (Lipinski definition) is 4. The van der Waals surface area contributed by atoms with Crippen LogP contribution in [0.15, 0.2) is 48.5 Å². The molecule has 0 radical (unpaired) electrons. The summed E-state index contributed by atoms with van der Waals surface area (Å²) in [6, 6.07) is 12.5. The third-order valence-corrected chi connectivity index (χ3v) is 7.14. The van der Waals surface area contributed by atoms with E-state index in [2.05, 4.69) is 5.32 Å². The van der Waals surface area contributed by atoms with Crippen LogP contribution < -0.4 is 10.1 Å². The number of ether oxygens (including phenoxy) is 1. The molecule has 0 aromatic heterocycles. The van der Waals surface area contributed by atoms with E-state index in [0.717, 1.165) is 0 Å². The molecule has 1 aliphatic heterocycles.